The molecule has 1 aromatic rings. The van der Waals surface area contributed by atoms with E-state index in [2.05, 4.69) is 0 Å². The van der Waals surface area contributed by atoms with Crippen LogP contribution in [-0.4, -0.2) is 47.7 Å². The van der Waals surface area contributed by atoms with Crippen molar-refractivity contribution < 1.29 is 24.2 Å². The van der Waals surface area contributed by atoms with Gasteiger partial charge in [0.2, 0.25) is 0 Å². The SMILES string of the molecule is COc1ccc(OC(C)C(=O)N2CCC(C(=O)O)C2C)cc1. The first-order valence-corrected chi connectivity index (χ1v) is 7.28. The molecule has 1 aromatic carbocycles. The zero-order valence-electron chi connectivity index (χ0n) is 13.0. The fraction of sp³-hybridized carbons (Fsp3) is 0.500. The molecule has 1 saturated heterocycles. The number of likely N-dealkylation sites (tertiary alicyclic amines) is 1. The smallest absolute Gasteiger partial charge is 0.308 e. The van der Waals surface area contributed by atoms with Crippen molar-refractivity contribution in [3.63, 3.8) is 0 Å². The number of carbonyl (C=O) groups is 2. The monoisotopic (exact) mass is 307 g/mol. The van der Waals surface area contributed by atoms with Crippen molar-refractivity contribution in [2.75, 3.05) is 13.7 Å². The number of carboxylic acids is 1. The van der Waals surface area contributed by atoms with Gasteiger partial charge in [0.15, 0.2) is 6.10 Å². The molecule has 3 unspecified atom stereocenters. The van der Waals surface area contributed by atoms with Crippen LogP contribution in [0, 0.1) is 5.92 Å². The largest absolute Gasteiger partial charge is 0.497 e. The summed E-state index contributed by atoms with van der Waals surface area (Å²) in [4.78, 5) is 25.1. The Morgan fingerprint density at radius 1 is 1.27 bits per heavy atom. The van der Waals surface area contributed by atoms with Gasteiger partial charge in [-0.2, -0.15) is 0 Å². The fourth-order valence-electron chi connectivity index (χ4n) is 2.72. The Morgan fingerprint density at radius 3 is 2.36 bits per heavy atom. The first kappa shape index (κ1) is 16.1. The summed E-state index contributed by atoms with van der Waals surface area (Å²) >= 11 is 0. The lowest BCUT2D eigenvalue weighted by Gasteiger charge is -2.26. The van der Waals surface area contributed by atoms with Gasteiger partial charge < -0.3 is 19.5 Å². The molecule has 1 heterocycles. The van der Waals surface area contributed by atoms with Crippen LogP contribution in [0.5, 0.6) is 11.5 Å². The van der Waals surface area contributed by atoms with E-state index in [1.165, 1.54) is 0 Å². The lowest BCUT2D eigenvalue weighted by molar-refractivity contribution is -0.144. The van der Waals surface area contributed by atoms with Crippen LogP contribution in [0.4, 0.5) is 0 Å². The van der Waals surface area contributed by atoms with E-state index in [9.17, 15) is 9.59 Å². The number of ether oxygens (including phenoxy) is 2. The number of aliphatic carboxylic acids is 1. The molecule has 1 aliphatic rings. The molecule has 120 valence electrons. The molecule has 0 spiro atoms. The number of benzene rings is 1. The third-order valence-corrected chi connectivity index (χ3v) is 4.08. The molecule has 0 aromatic heterocycles. The number of nitrogens with zero attached hydrogens (tertiary/aromatic N) is 1. The molecule has 1 aliphatic heterocycles. The normalized spacial score (nSPS) is 22.2. The van der Waals surface area contributed by atoms with Crippen molar-refractivity contribution in [1.82, 2.24) is 4.90 Å². The quantitative estimate of drug-likeness (QED) is 0.897. The molecule has 1 amide bonds. The van der Waals surface area contributed by atoms with Gasteiger partial charge in [-0.25, -0.2) is 0 Å². The Hall–Kier alpha value is -2.24. The standard InChI is InChI=1S/C16H21NO5/c1-10-14(16(19)20)8-9-17(10)15(18)11(2)22-13-6-4-12(21-3)5-7-13/h4-7,10-11,14H,8-9H2,1-3H3,(H,19,20). The summed E-state index contributed by atoms with van der Waals surface area (Å²) in [6, 6.07) is 6.66. The van der Waals surface area contributed by atoms with Gasteiger partial charge >= 0.3 is 5.97 Å². The van der Waals surface area contributed by atoms with Crippen molar-refractivity contribution >= 4 is 11.9 Å². The third kappa shape index (κ3) is 3.32. The lowest BCUT2D eigenvalue weighted by atomic mass is 10.0. The Morgan fingerprint density at radius 2 is 1.86 bits per heavy atom. The zero-order chi connectivity index (χ0) is 16.3. The van der Waals surface area contributed by atoms with Gasteiger partial charge in [0.25, 0.3) is 5.91 Å². The second-order valence-electron chi connectivity index (χ2n) is 5.44. The maximum Gasteiger partial charge on any atom is 0.308 e. The van der Waals surface area contributed by atoms with E-state index in [-0.39, 0.29) is 11.9 Å². The average molecular weight is 307 g/mol. The van der Waals surface area contributed by atoms with E-state index in [1.54, 1.807) is 50.1 Å². The minimum Gasteiger partial charge on any atom is -0.497 e. The maximum absolute atomic E-state index is 12.4. The highest BCUT2D eigenvalue weighted by Crippen LogP contribution is 2.26. The summed E-state index contributed by atoms with van der Waals surface area (Å²) in [7, 11) is 1.58. The van der Waals surface area contributed by atoms with Crippen molar-refractivity contribution in [2.24, 2.45) is 5.92 Å². The molecule has 1 fully saturated rings. The van der Waals surface area contributed by atoms with Gasteiger partial charge in [0.1, 0.15) is 11.5 Å². The molecule has 0 saturated carbocycles. The second kappa shape index (κ2) is 6.68. The predicted octanol–water partition coefficient (Wildman–Crippen LogP) is 1.78. The highest BCUT2D eigenvalue weighted by Gasteiger charge is 2.39. The maximum atomic E-state index is 12.4. The van der Waals surface area contributed by atoms with Gasteiger partial charge in [-0.15, -0.1) is 0 Å². The van der Waals surface area contributed by atoms with Crippen LogP contribution >= 0.6 is 0 Å². The van der Waals surface area contributed by atoms with Crippen molar-refractivity contribution in [1.29, 1.82) is 0 Å². The Kier molecular flexibility index (Phi) is 4.90. The number of amides is 1. The van der Waals surface area contributed by atoms with E-state index in [4.69, 9.17) is 14.6 Å². The third-order valence-electron chi connectivity index (χ3n) is 4.08. The van der Waals surface area contributed by atoms with E-state index in [0.29, 0.717) is 24.5 Å². The van der Waals surface area contributed by atoms with Crippen molar-refractivity contribution in [2.45, 2.75) is 32.4 Å². The molecule has 0 radical (unpaired) electrons. The van der Waals surface area contributed by atoms with Crippen molar-refractivity contribution in [3.8, 4) is 11.5 Å². The van der Waals surface area contributed by atoms with E-state index in [1.807, 2.05) is 0 Å². The van der Waals surface area contributed by atoms with Crippen LogP contribution in [0.15, 0.2) is 24.3 Å². The fourth-order valence-corrected chi connectivity index (χ4v) is 2.72. The zero-order valence-corrected chi connectivity index (χ0v) is 13.0. The molecule has 0 aliphatic carbocycles. The van der Waals surface area contributed by atoms with Crippen LogP contribution < -0.4 is 9.47 Å². The lowest BCUT2D eigenvalue weighted by Crippen LogP contribution is -2.44. The van der Waals surface area contributed by atoms with Crippen LogP contribution in [0.3, 0.4) is 0 Å². The molecule has 6 heteroatoms. The number of hydrogen-bond acceptors (Lipinski definition) is 4. The minimum atomic E-state index is -0.855. The van der Waals surface area contributed by atoms with E-state index in [0.717, 1.165) is 0 Å². The van der Waals surface area contributed by atoms with Gasteiger partial charge in [-0.05, 0) is 44.5 Å². The topological polar surface area (TPSA) is 76.1 Å². The van der Waals surface area contributed by atoms with Gasteiger partial charge in [-0.1, -0.05) is 0 Å². The molecular formula is C16H21NO5. The minimum absolute atomic E-state index is 0.188. The first-order valence-electron chi connectivity index (χ1n) is 7.28. The summed E-state index contributed by atoms with van der Waals surface area (Å²) in [5.41, 5.74) is 0. The van der Waals surface area contributed by atoms with Crippen LogP contribution in [0.2, 0.25) is 0 Å². The Bertz CT molecular complexity index is 542. The molecule has 2 rings (SSSR count). The molecule has 0 bridgehead atoms. The van der Waals surface area contributed by atoms with E-state index < -0.39 is 18.0 Å². The average Bonchev–Trinajstić information content (AvgIpc) is 2.89. The van der Waals surface area contributed by atoms with Gasteiger partial charge in [0.05, 0.1) is 13.0 Å². The van der Waals surface area contributed by atoms with E-state index >= 15 is 0 Å². The summed E-state index contributed by atoms with van der Waals surface area (Å²) in [6.45, 7) is 3.89. The molecule has 22 heavy (non-hydrogen) atoms. The van der Waals surface area contributed by atoms with Crippen molar-refractivity contribution in [3.05, 3.63) is 24.3 Å². The summed E-state index contributed by atoms with van der Waals surface area (Å²) in [5.74, 6) is -0.261. The second-order valence-corrected chi connectivity index (χ2v) is 5.44. The molecule has 6 nitrogen and oxygen atoms in total. The number of rotatable bonds is 5. The number of hydrogen-bond donors (Lipinski definition) is 1. The van der Waals surface area contributed by atoms with Gasteiger partial charge in [0, 0.05) is 12.6 Å². The highest BCUT2D eigenvalue weighted by atomic mass is 16.5. The number of carboxylic acid groups (broad SMARTS) is 1. The van der Waals surface area contributed by atoms with Gasteiger partial charge in [-0.3, -0.25) is 9.59 Å². The van der Waals surface area contributed by atoms with Crippen LogP contribution in [0.1, 0.15) is 20.3 Å². The number of methoxy groups -OCH3 is 1. The Balaban J connectivity index is 1.98. The predicted molar refractivity (Wildman–Crippen MR) is 80.0 cm³/mol. The van der Waals surface area contributed by atoms with Crippen LogP contribution in [-0.2, 0) is 9.59 Å². The molecular weight excluding hydrogens is 286 g/mol. The summed E-state index contributed by atoms with van der Waals surface area (Å²) < 4.78 is 10.7. The summed E-state index contributed by atoms with van der Waals surface area (Å²) in [6.07, 6.45) is -0.180. The Labute approximate surface area is 129 Å². The summed E-state index contributed by atoms with van der Waals surface area (Å²) in [5, 5.41) is 9.13. The molecule has 3 atom stereocenters. The highest BCUT2D eigenvalue weighted by molar-refractivity contribution is 5.83. The number of carbonyl (C=O) groups excluding carboxylic acids is 1. The molecule has 1 N–H and O–H groups in total. The first-order chi connectivity index (χ1) is 10.4. The van der Waals surface area contributed by atoms with Crippen LogP contribution in [0.25, 0.3) is 0 Å².